The Hall–Kier alpha value is -1.52. The molecule has 0 aliphatic heterocycles. The van der Waals surface area contributed by atoms with Crippen LogP contribution in [-0.2, 0) is 37.5 Å². The van der Waals surface area contributed by atoms with Crippen LogP contribution < -0.4 is 5.73 Å². The number of carboxylic acids is 1. The number of rotatable bonds is 52. The van der Waals surface area contributed by atoms with Crippen LogP contribution in [0, 0.1) is 0 Å². The van der Waals surface area contributed by atoms with E-state index >= 15 is 0 Å². The molecule has 0 aromatic heterocycles. The summed E-state index contributed by atoms with van der Waals surface area (Å²) >= 11 is 0. The van der Waals surface area contributed by atoms with Gasteiger partial charge in [0.2, 0.25) is 0 Å². The van der Waals surface area contributed by atoms with Gasteiger partial charge in [-0.3, -0.25) is 23.4 Å². The van der Waals surface area contributed by atoms with Gasteiger partial charge in [-0.25, -0.2) is 4.57 Å². The van der Waals surface area contributed by atoms with Crippen LogP contribution in [0.15, 0.2) is 0 Å². The molecule has 64 heavy (non-hydrogen) atoms. The third kappa shape index (κ3) is 47.0. The minimum absolute atomic E-state index is 0.170. The van der Waals surface area contributed by atoms with Crippen LogP contribution in [0.2, 0.25) is 0 Å². The number of hydrogen-bond donors (Lipinski definition) is 3. The van der Waals surface area contributed by atoms with Crippen LogP contribution in [0.5, 0.6) is 0 Å². The largest absolute Gasteiger partial charge is 0.480 e. The Balaban J connectivity index is 4.16. The van der Waals surface area contributed by atoms with Crippen molar-refractivity contribution in [3.05, 3.63) is 0 Å². The van der Waals surface area contributed by atoms with Crippen molar-refractivity contribution in [3.8, 4) is 0 Å². The molecule has 11 nitrogen and oxygen atoms in total. The highest BCUT2D eigenvalue weighted by Crippen LogP contribution is 2.43. The number of phosphoric acid groups is 1. The fraction of sp³-hybridized carbons (Fsp3) is 0.942. The molecule has 0 heterocycles. The molecule has 380 valence electrons. The van der Waals surface area contributed by atoms with Crippen molar-refractivity contribution in [1.82, 2.24) is 0 Å². The number of phosphoric ester groups is 1. The van der Waals surface area contributed by atoms with Crippen LogP contribution in [0.25, 0.3) is 0 Å². The van der Waals surface area contributed by atoms with Gasteiger partial charge >= 0.3 is 25.7 Å². The Labute approximate surface area is 393 Å². The number of nitrogens with two attached hydrogens (primary N) is 1. The maximum atomic E-state index is 12.7. The van der Waals surface area contributed by atoms with Crippen molar-refractivity contribution in [3.63, 3.8) is 0 Å². The summed E-state index contributed by atoms with van der Waals surface area (Å²) < 4.78 is 32.9. The number of aliphatic carboxylic acids is 1. The highest BCUT2D eigenvalue weighted by atomic mass is 31.2. The molecular formula is C52H102NO10P. The van der Waals surface area contributed by atoms with Gasteiger partial charge in [0, 0.05) is 12.8 Å². The Morgan fingerprint density at radius 1 is 0.422 bits per heavy atom. The lowest BCUT2D eigenvalue weighted by atomic mass is 10.0. The lowest BCUT2D eigenvalue weighted by molar-refractivity contribution is -0.161. The van der Waals surface area contributed by atoms with Crippen LogP contribution in [0.4, 0.5) is 0 Å². The molecule has 12 heteroatoms. The molecule has 0 aromatic rings. The second kappa shape index (κ2) is 48.0. The van der Waals surface area contributed by atoms with Gasteiger partial charge < -0.3 is 25.2 Å². The topological polar surface area (TPSA) is 172 Å². The Kier molecular flexibility index (Phi) is 46.8. The molecule has 0 aliphatic rings. The third-order valence-corrected chi connectivity index (χ3v) is 13.3. The summed E-state index contributed by atoms with van der Waals surface area (Å²) in [5, 5.41) is 8.93. The molecule has 0 rings (SSSR count). The Morgan fingerprint density at radius 3 is 0.984 bits per heavy atom. The van der Waals surface area contributed by atoms with E-state index < -0.39 is 51.1 Å². The van der Waals surface area contributed by atoms with Gasteiger partial charge in [-0.2, -0.15) is 0 Å². The standard InChI is InChI=1S/C52H102NO10P/c1-3-5-7-9-11-13-15-17-19-21-23-24-26-28-30-32-34-36-38-40-42-44-51(55)63-48(46-61-64(58,59)62-47-49(53)52(56)57)45-60-50(54)43-41-39-37-35-33-31-29-27-25-22-20-18-16-14-12-10-8-6-4-2/h48-49H,3-47,53H2,1-2H3,(H,56,57)(H,58,59)/t48-,49+/m1/s1. The van der Waals surface area contributed by atoms with Gasteiger partial charge in [0.25, 0.3) is 0 Å². The van der Waals surface area contributed by atoms with Gasteiger partial charge in [-0.15, -0.1) is 0 Å². The fourth-order valence-corrected chi connectivity index (χ4v) is 8.91. The molecule has 0 bridgehead atoms. The first-order valence-corrected chi connectivity index (χ1v) is 28.6. The minimum Gasteiger partial charge on any atom is -0.480 e. The Bertz CT molecular complexity index is 1090. The van der Waals surface area contributed by atoms with Crippen molar-refractivity contribution < 1.29 is 47.5 Å². The minimum atomic E-state index is -4.72. The lowest BCUT2D eigenvalue weighted by Crippen LogP contribution is -2.34. The molecule has 3 atom stereocenters. The van der Waals surface area contributed by atoms with Crippen LogP contribution in [0.1, 0.15) is 284 Å². The van der Waals surface area contributed by atoms with Crippen molar-refractivity contribution in [2.45, 2.75) is 296 Å². The first-order chi connectivity index (χ1) is 31.1. The molecule has 4 N–H and O–H groups in total. The second-order valence-corrected chi connectivity index (χ2v) is 20.2. The fourth-order valence-electron chi connectivity index (χ4n) is 8.13. The first-order valence-electron chi connectivity index (χ1n) is 27.1. The predicted octanol–water partition coefficient (Wildman–Crippen LogP) is 15.4. The number of carbonyl (C=O) groups is 3. The summed E-state index contributed by atoms with van der Waals surface area (Å²) in [6.07, 6.45) is 50.2. The number of esters is 2. The average molecular weight is 932 g/mol. The number of carbonyl (C=O) groups excluding carboxylic acids is 2. The summed E-state index contributed by atoms with van der Waals surface area (Å²) in [6.45, 7) is 2.88. The second-order valence-electron chi connectivity index (χ2n) is 18.7. The van der Waals surface area contributed by atoms with Crippen molar-refractivity contribution in [2.24, 2.45) is 5.73 Å². The maximum Gasteiger partial charge on any atom is 0.472 e. The number of ether oxygens (including phenoxy) is 2. The van der Waals surface area contributed by atoms with E-state index in [0.29, 0.717) is 12.8 Å². The molecule has 1 unspecified atom stereocenters. The summed E-state index contributed by atoms with van der Waals surface area (Å²) in [7, 11) is -4.72. The zero-order chi connectivity index (χ0) is 47.0. The predicted molar refractivity (Wildman–Crippen MR) is 263 cm³/mol. The van der Waals surface area contributed by atoms with Gasteiger partial charge in [0.05, 0.1) is 13.2 Å². The summed E-state index contributed by atoms with van der Waals surface area (Å²) in [6, 6.07) is -1.52. The van der Waals surface area contributed by atoms with Crippen LogP contribution in [-0.4, -0.2) is 59.9 Å². The molecular weight excluding hydrogens is 830 g/mol. The third-order valence-electron chi connectivity index (χ3n) is 12.4. The highest BCUT2D eigenvalue weighted by molar-refractivity contribution is 7.47. The number of unbranched alkanes of at least 4 members (excludes halogenated alkanes) is 38. The quantitative estimate of drug-likeness (QED) is 0.0301. The normalized spacial score (nSPS) is 13.4. The van der Waals surface area contributed by atoms with Gasteiger partial charge in [-0.1, -0.05) is 258 Å². The van der Waals surface area contributed by atoms with E-state index in [1.807, 2.05) is 0 Å². The summed E-state index contributed by atoms with van der Waals surface area (Å²) in [4.78, 5) is 46.2. The lowest BCUT2D eigenvalue weighted by Gasteiger charge is -2.20. The van der Waals surface area contributed by atoms with Crippen molar-refractivity contribution >= 4 is 25.7 Å². The van der Waals surface area contributed by atoms with E-state index in [9.17, 15) is 23.8 Å². The van der Waals surface area contributed by atoms with Crippen molar-refractivity contribution in [2.75, 3.05) is 19.8 Å². The van der Waals surface area contributed by atoms with Gasteiger partial charge in [0.1, 0.15) is 12.6 Å². The van der Waals surface area contributed by atoms with Crippen LogP contribution >= 0.6 is 7.82 Å². The van der Waals surface area contributed by atoms with Crippen molar-refractivity contribution in [1.29, 1.82) is 0 Å². The van der Waals surface area contributed by atoms with E-state index in [0.717, 1.165) is 38.5 Å². The molecule has 0 spiro atoms. The van der Waals surface area contributed by atoms with E-state index in [2.05, 4.69) is 13.8 Å². The summed E-state index contributed by atoms with van der Waals surface area (Å²) in [5.41, 5.74) is 5.36. The summed E-state index contributed by atoms with van der Waals surface area (Å²) in [5.74, 6) is -2.35. The molecule has 0 aromatic carbocycles. The van der Waals surface area contributed by atoms with Gasteiger partial charge in [0.15, 0.2) is 6.10 Å². The molecule has 0 aliphatic carbocycles. The monoisotopic (exact) mass is 932 g/mol. The van der Waals surface area contributed by atoms with E-state index in [1.165, 1.54) is 205 Å². The van der Waals surface area contributed by atoms with E-state index in [4.69, 9.17) is 29.4 Å². The maximum absolute atomic E-state index is 12.7. The zero-order valence-electron chi connectivity index (χ0n) is 41.7. The molecule has 0 saturated heterocycles. The average Bonchev–Trinajstić information content (AvgIpc) is 3.27. The number of hydrogen-bond acceptors (Lipinski definition) is 9. The first kappa shape index (κ1) is 62.5. The molecule has 0 radical (unpaired) electrons. The SMILES string of the molecule is CCCCCCCCCCCCCCCCCCCCCCCC(=O)O[C@H](COC(=O)CCCCCCCCCCCCCCCCCCCCC)COP(=O)(O)OC[C@H](N)C(=O)O. The number of carboxylic acid groups (broad SMARTS) is 1. The van der Waals surface area contributed by atoms with Crippen LogP contribution in [0.3, 0.4) is 0 Å². The molecule has 0 fully saturated rings. The smallest absolute Gasteiger partial charge is 0.472 e. The Morgan fingerprint density at radius 2 is 0.688 bits per heavy atom. The van der Waals surface area contributed by atoms with E-state index in [1.54, 1.807) is 0 Å². The molecule has 0 amide bonds. The van der Waals surface area contributed by atoms with Gasteiger partial charge in [-0.05, 0) is 12.8 Å². The molecule has 0 saturated carbocycles. The zero-order valence-corrected chi connectivity index (χ0v) is 42.6. The highest BCUT2D eigenvalue weighted by Gasteiger charge is 2.28. The van der Waals surface area contributed by atoms with E-state index in [-0.39, 0.29) is 19.4 Å².